The normalized spacial score (nSPS) is 14.7. The molecule has 0 aliphatic heterocycles. The number of aliphatic hydroxyl groups excluding tert-OH is 1. The highest BCUT2D eigenvalue weighted by Crippen LogP contribution is 2.26. The monoisotopic (exact) mass is 213 g/mol. The van der Waals surface area contributed by atoms with Gasteiger partial charge in [0.05, 0.1) is 19.3 Å². The number of benzene rings is 1. The van der Waals surface area contributed by atoms with Crippen molar-refractivity contribution in [2.24, 2.45) is 5.73 Å². The van der Waals surface area contributed by atoms with E-state index in [-0.39, 0.29) is 11.3 Å². The minimum Gasteiger partial charge on any atom is -0.494 e. The van der Waals surface area contributed by atoms with Gasteiger partial charge in [0.15, 0.2) is 11.6 Å². The van der Waals surface area contributed by atoms with Gasteiger partial charge >= 0.3 is 0 Å². The summed E-state index contributed by atoms with van der Waals surface area (Å²) >= 11 is 0. The van der Waals surface area contributed by atoms with E-state index in [1.807, 2.05) is 0 Å². The zero-order chi connectivity index (χ0) is 11.4. The van der Waals surface area contributed by atoms with Crippen LogP contribution in [0.1, 0.15) is 24.9 Å². The third-order valence-electron chi connectivity index (χ3n) is 2.41. The molecule has 0 saturated carbocycles. The first-order valence-electron chi connectivity index (χ1n) is 4.87. The van der Waals surface area contributed by atoms with Gasteiger partial charge in [-0.1, -0.05) is 19.1 Å². The number of methoxy groups -OCH3 is 1. The molecule has 0 aromatic heterocycles. The first-order valence-corrected chi connectivity index (χ1v) is 4.87. The molecule has 0 heterocycles. The Bertz CT molecular complexity index is 330. The zero-order valence-corrected chi connectivity index (χ0v) is 8.90. The molecule has 0 saturated heterocycles. The molecule has 0 aliphatic rings. The van der Waals surface area contributed by atoms with E-state index in [1.165, 1.54) is 13.2 Å². The van der Waals surface area contributed by atoms with E-state index in [2.05, 4.69) is 0 Å². The number of rotatable bonds is 4. The lowest BCUT2D eigenvalue weighted by atomic mass is 10.00. The van der Waals surface area contributed by atoms with E-state index in [4.69, 9.17) is 10.5 Å². The van der Waals surface area contributed by atoms with Crippen LogP contribution in [0.25, 0.3) is 0 Å². The van der Waals surface area contributed by atoms with Crippen LogP contribution in [0.2, 0.25) is 0 Å². The van der Waals surface area contributed by atoms with Crippen molar-refractivity contribution in [2.45, 2.75) is 25.5 Å². The van der Waals surface area contributed by atoms with Gasteiger partial charge in [-0.25, -0.2) is 4.39 Å². The third-order valence-corrected chi connectivity index (χ3v) is 2.41. The smallest absolute Gasteiger partial charge is 0.169 e. The molecule has 0 aliphatic carbocycles. The molecular weight excluding hydrogens is 197 g/mol. The van der Waals surface area contributed by atoms with Crippen molar-refractivity contribution >= 4 is 0 Å². The first-order chi connectivity index (χ1) is 7.11. The summed E-state index contributed by atoms with van der Waals surface area (Å²) < 4.78 is 18.5. The average molecular weight is 213 g/mol. The summed E-state index contributed by atoms with van der Waals surface area (Å²) in [7, 11) is 1.39. The van der Waals surface area contributed by atoms with E-state index in [0.29, 0.717) is 6.42 Å². The fourth-order valence-electron chi connectivity index (χ4n) is 1.40. The molecular formula is C11H16FNO2. The fourth-order valence-corrected chi connectivity index (χ4v) is 1.40. The Hall–Kier alpha value is -1.13. The number of aliphatic hydroxyl groups is 1. The fraction of sp³-hybridized carbons (Fsp3) is 0.455. The summed E-state index contributed by atoms with van der Waals surface area (Å²) in [5, 5.41) is 9.54. The maximum Gasteiger partial charge on any atom is 0.169 e. The van der Waals surface area contributed by atoms with Crippen molar-refractivity contribution in [3.05, 3.63) is 29.6 Å². The van der Waals surface area contributed by atoms with Crippen molar-refractivity contribution in [2.75, 3.05) is 7.11 Å². The number of halogens is 1. The van der Waals surface area contributed by atoms with E-state index in [1.54, 1.807) is 19.1 Å². The standard InChI is InChI=1S/C11H16FNO2/c1-3-8(14)11(13)7-5-4-6-9(15-2)10(7)12/h4-6,8,11,14H,3,13H2,1-2H3/t8-,11+/m1/s1. The van der Waals surface area contributed by atoms with Crippen LogP contribution < -0.4 is 10.5 Å². The molecule has 1 rings (SSSR count). The molecule has 0 fully saturated rings. The first kappa shape index (κ1) is 11.9. The summed E-state index contributed by atoms with van der Waals surface area (Å²) in [4.78, 5) is 0. The molecule has 1 aromatic carbocycles. The SMILES string of the molecule is CC[C@@H](O)[C@@H](N)c1cccc(OC)c1F. The lowest BCUT2D eigenvalue weighted by molar-refractivity contribution is 0.139. The van der Waals surface area contributed by atoms with Gasteiger partial charge in [-0.3, -0.25) is 0 Å². The predicted molar refractivity (Wildman–Crippen MR) is 56.2 cm³/mol. The van der Waals surface area contributed by atoms with Gasteiger partial charge < -0.3 is 15.6 Å². The summed E-state index contributed by atoms with van der Waals surface area (Å²) in [6, 6.07) is 4.01. The molecule has 3 nitrogen and oxygen atoms in total. The number of hydrogen-bond acceptors (Lipinski definition) is 3. The highest BCUT2D eigenvalue weighted by molar-refractivity contribution is 5.33. The Morgan fingerprint density at radius 3 is 2.73 bits per heavy atom. The van der Waals surface area contributed by atoms with Gasteiger partial charge in [0.2, 0.25) is 0 Å². The maximum atomic E-state index is 13.7. The van der Waals surface area contributed by atoms with Crippen molar-refractivity contribution in [3.8, 4) is 5.75 Å². The van der Waals surface area contributed by atoms with Gasteiger partial charge in [0.1, 0.15) is 0 Å². The van der Waals surface area contributed by atoms with E-state index < -0.39 is 18.0 Å². The van der Waals surface area contributed by atoms with Crippen molar-refractivity contribution < 1.29 is 14.2 Å². The van der Waals surface area contributed by atoms with Crippen LogP contribution in [0.15, 0.2) is 18.2 Å². The van der Waals surface area contributed by atoms with Crippen molar-refractivity contribution in [3.63, 3.8) is 0 Å². The second kappa shape index (κ2) is 5.09. The van der Waals surface area contributed by atoms with Gasteiger partial charge in [0.25, 0.3) is 0 Å². The van der Waals surface area contributed by atoms with Gasteiger partial charge in [-0.05, 0) is 12.5 Å². The molecule has 15 heavy (non-hydrogen) atoms. The molecule has 0 radical (unpaired) electrons. The lowest BCUT2D eigenvalue weighted by Gasteiger charge is -2.18. The number of ether oxygens (including phenoxy) is 1. The molecule has 0 amide bonds. The van der Waals surface area contributed by atoms with E-state index >= 15 is 0 Å². The Kier molecular flexibility index (Phi) is 4.05. The van der Waals surface area contributed by atoms with Gasteiger partial charge in [-0.2, -0.15) is 0 Å². The summed E-state index contributed by atoms with van der Waals surface area (Å²) in [5.74, 6) is -0.355. The topological polar surface area (TPSA) is 55.5 Å². The van der Waals surface area contributed by atoms with Crippen LogP contribution in [0.3, 0.4) is 0 Å². The molecule has 0 unspecified atom stereocenters. The Morgan fingerprint density at radius 2 is 2.20 bits per heavy atom. The predicted octanol–water partition coefficient (Wildman–Crippen LogP) is 1.61. The van der Waals surface area contributed by atoms with Crippen LogP contribution in [-0.2, 0) is 0 Å². The van der Waals surface area contributed by atoms with Crippen molar-refractivity contribution in [1.82, 2.24) is 0 Å². The Balaban J connectivity index is 3.03. The average Bonchev–Trinajstić information content (AvgIpc) is 2.27. The Labute approximate surface area is 88.7 Å². The molecule has 84 valence electrons. The molecule has 2 atom stereocenters. The van der Waals surface area contributed by atoms with Crippen molar-refractivity contribution in [1.29, 1.82) is 0 Å². The third kappa shape index (κ3) is 2.46. The highest BCUT2D eigenvalue weighted by Gasteiger charge is 2.20. The van der Waals surface area contributed by atoms with Crippen LogP contribution >= 0.6 is 0 Å². The summed E-state index contributed by atoms with van der Waals surface area (Å²) in [5.41, 5.74) is 6.01. The number of hydrogen-bond donors (Lipinski definition) is 2. The highest BCUT2D eigenvalue weighted by atomic mass is 19.1. The maximum absolute atomic E-state index is 13.7. The minimum atomic E-state index is -0.744. The quantitative estimate of drug-likeness (QED) is 0.798. The molecule has 3 N–H and O–H groups in total. The molecule has 0 spiro atoms. The largest absolute Gasteiger partial charge is 0.494 e. The van der Waals surface area contributed by atoms with Crippen LogP contribution in [0.5, 0.6) is 5.75 Å². The van der Waals surface area contributed by atoms with Gasteiger partial charge in [-0.15, -0.1) is 0 Å². The molecule has 1 aromatic rings. The lowest BCUT2D eigenvalue weighted by Crippen LogP contribution is -2.26. The minimum absolute atomic E-state index is 0.145. The van der Waals surface area contributed by atoms with E-state index in [9.17, 15) is 9.50 Å². The van der Waals surface area contributed by atoms with E-state index in [0.717, 1.165) is 0 Å². The summed E-state index contributed by atoms with van der Waals surface area (Å²) in [6.45, 7) is 1.79. The van der Waals surface area contributed by atoms with Gasteiger partial charge in [0, 0.05) is 5.56 Å². The zero-order valence-electron chi connectivity index (χ0n) is 8.90. The number of nitrogens with two attached hydrogens (primary N) is 1. The molecule has 4 heteroatoms. The summed E-state index contributed by atoms with van der Waals surface area (Å²) in [6.07, 6.45) is -0.260. The Morgan fingerprint density at radius 1 is 1.53 bits per heavy atom. The second-order valence-corrected chi connectivity index (χ2v) is 3.36. The van der Waals surface area contributed by atoms with Crippen LogP contribution in [0, 0.1) is 5.82 Å². The van der Waals surface area contributed by atoms with Crippen LogP contribution in [-0.4, -0.2) is 18.3 Å². The second-order valence-electron chi connectivity index (χ2n) is 3.36. The molecule has 0 bridgehead atoms. The van der Waals surface area contributed by atoms with Crippen LogP contribution in [0.4, 0.5) is 4.39 Å².